The lowest BCUT2D eigenvalue weighted by atomic mass is 10.2. The predicted molar refractivity (Wildman–Crippen MR) is 131 cm³/mol. The number of rotatable bonds is 7. The minimum atomic E-state index is 0. The van der Waals surface area contributed by atoms with Crippen molar-refractivity contribution in [3.05, 3.63) is 58.9 Å². The molecular weight excluding hydrogens is 499 g/mol. The molecule has 1 heterocycles. The molecule has 0 radical (unpaired) electrons. The number of ether oxygens (including phenoxy) is 2. The number of halogens is 1. The molecule has 3 aromatic rings. The molecule has 0 spiro atoms. The zero-order valence-corrected chi connectivity index (χ0v) is 19.8. The van der Waals surface area contributed by atoms with Crippen LogP contribution in [0.3, 0.4) is 0 Å². The number of methoxy groups -OCH3 is 1. The fraction of sp³-hybridized carbons (Fsp3) is 0.238. The van der Waals surface area contributed by atoms with Crippen LogP contribution in [-0.2, 0) is 6.54 Å². The smallest absolute Gasteiger partial charge is 0.195 e. The molecule has 8 heteroatoms. The summed E-state index contributed by atoms with van der Waals surface area (Å²) in [6.07, 6.45) is 0. The number of hydrogen-bond donors (Lipinski definition) is 2. The van der Waals surface area contributed by atoms with E-state index >= 15 is 0 Å². The summed E-state index contributed by atoms with van der Waals surface area (Å²) < 4.78 is 10.9. The maximum atomic E-state index is 5.62. The number of nitrogens with one attached hydrogen (secondary N) is 2. The second kappa shape index (κ2) is 11.6. The van der Waals surface area contributed by atoms with Gasteiger partial charge in [-0.3, -0.25) is 4.99 Å². The average molecular weight is 524 g/mol. The first-order chi connectivity index (χ1) is 13.7. The lowest BCUT2D eigenvalue weighted by Gasteiger charge is -2.14. The first kappa shape index (κ1) is 23.0. The van der Waals surface area contributed by atoms with E-state index in [2.05, 4.69) is 33.1 Å². The molecule has 2 N–H and O–H groups in total. The molecule has 0 bridgehead atoms. The van der Waals surface area contributed by atoms with E-state index in [1.807, 2.05) is 43.3 Å². The molecule has 0 fully saturated rings. The van der Waals surface area contributed by atoms with Crippen LogP contribution in [0.25, 0.3) is 11.3 Å². The highest BCUT2D eigenvalue weighted by Gasteiger charge is 2.08. The van der Waals surface area contributed by atoms with Gasteiger partial charge >= 0.3 is 0 Å². The summed E-state index contributed by atoms with van der Waals surface area (Å²) in [5.41, 5.74) is 2.97. The zero-order valence-electron chi connectivity index (χ0n) is 16.6. The van der Waals surface area contributed by atoms with Gasteiger partial charge in [0, 0.05) is 29.7 Å². The van der Waals surface area contributed by atoms with Crippen molar-refractivity contribution in [3.8, 4) is 22.8 Å². The van der Waals surface area contributed by atoms with Gasteiger partial charge in [0.25, 0.3) is 0 Å². The molecule has 29 heavy (non-hydrogen) atoms. The second-order valence-electron chi connectivity index (χ2n) is 5.84. The van der Waals surface area contributed by atoms with E-state index in [9.17, 15) is 0 Å². The van der Waals surface area contributed by atoms with Crippen molar-refractivity contribution < 1.29 is 9.47 Å². The molecular formula is C21H25IN4O2S. The van der Waals surface area contributed by atoms with E-state index in [0.29, 0.717) is 30.6 Å². The summed E-state index contributed by atoms with van der Waals surface area (Å²) in [4.78, 5) is 8.97. The van der Waals surface area contributed by atoms with Crippen molar-refractivity contribution in [2.24, 2.45) is 4.99 Å². The number of aromatic nitrogens is 1. The first-order valence-electron chi connectivity index (χ1n) is 9.01. The Morgan fingerprint density at radius 3 is 2.62 bits per heavy atom. The van der Waals surface area contributed by atoms with E-state index in [-0.39, 0.29) is 24.0 Å². The molecule has 2 aromatic carbocycles. The number of nitrogens with zero attached hydrogens (tertiary/aromatic N) is 2. The summed E-state index contributed by atoms with van der Waals surface area (Å²) in [5.74, 6) is 2.05. The van der Waals surface area contributed by atoms with Gasteiger partial charge in [-0.25, -0.2) is 4.98 Å². The van der Waals surface area contributed by atoms with Gasteiger partial charge < -0.3 is 20.1 Å². The standard InChI is InChI=1S/C21H24N4O2S.HI/c1-4-27-19-12-16(10-11-18(19)26-3)24-21(22-2)23-13-20-25-17(14-28-20)15-8-6-5-7-9-15;/h5-12,14H,4,13H2,1-3H3,(H2,22,23,24);1H. The molecule has 6 nitrogen and oxygen atoms in total. The Bertz CT molecular complexity index is 931. The average Bonchev–Trinajstić information content (AvgIpc) is 3.21. The first-order valence-corrected chi connectivity index (χ1v) is 9.89. The summed E-state index contributed by atoms with van der Waals surface area (Å²) in [5, 5.41) is 9.62. The SMILES string of the molecule is CCOc1cc(NC(=NC)NCc2nc(-c3ccccc3)cs2)ccc1OC.I. The third-order valence-electron chi connectivity index (χ3n) is 3.98. The van der Waals surface area contributed by atoms with Crippen molar-refractivity contribution in [2.45, 2.75) is 13.5 Å². The van der Waals surface area contributed by atoms with Crippen LogP contribution in [0.2, 0.25) is 0 Å². The Labute approximate surface area is 192 Å². The molecule has 154 valence electrons. The Balaban J connectivity index is 0.00000300. The normalized spacial score (nSPS) is 10.8. The van der Waals surface area contributed by atoms with Gasteiger partial charge in [0.2, 0.25) is 0 Å². The van der Waals surface area contributed by atoms with Crippen molar-refractivity contribution in [2.75, 3.05) is 26.1 Å². The van der Waals surface area contributed by atoms with Gasteiger partial charge in [-0.2, -0.15) is 0 Å². The Hall–Kier alpha value is -2.33. The molecule has 0 unspecified atom stereocenters. The van der Waals surface area contributed by atoms with Crippen molar-refractivity contribution in [1.29, 1.82) is 0 Å². The van der Waals surface area contributed by atoms with Crippen LogP contribution >= 0.6 is 35.3 Å². The van der Waals surface area contributed by atoms with Crippen molar-refractivity contribution >= 4 is 47.0 Å². The molecule has 0 aliphatic carbocycles. The molecule has 0 aliphatic heterocycles. The quantitative estimate of drug-likeness (QED) is 0.258. The highest BCUT2D eigenvalue weighted by Crippen LogP contribution is 2.30. The number of benzene rings is 2. The zero-order chi connectivity index (χ0) is 19.8. The van der Waals surface area contributed by atoms with Gasteiger partial charge in [-0.1, -0.05) is 30.3 Å². The topological polar surface area (TPSA) is 67.8 Å². The number of aliphatic imine (C=N–C) groups is 1. The molecule has 0 aliphatic rings. The predicted octanol–water partition coefficient (Wildman–Crippen LogP) is 5.02. The monoisotopic (exact) mass is 524 g/mol. The number of guanidine groups is 1. The van der Waals surface area contributed by atoms with Gasteiger partial charge in [0.15, 0.2) is 17.5 Å². The fourth-order valence-electron chi connectivity index (χ4n) is 2.63. The largest absolute Gasteiger partial charge is 0.493 e. The van der Waals surface area contributed by atoms with Crippen LogP contribution in [0.1, 0.15) is 11.9 Å². The number of hydrogen-bond acceptors (Lipinski definition) is 5. The van der Waals surface area contributed by atoms with E-state index in [0.717, 1.165) is 22.0 Å². The highest BCUT2D eigenvalue weighted by atomic mass is 127. The maximum absolute atomic E-state index is 5.62. The summed E-state index contributed by atoms with van der Waals surface area (Å²) in [7, 11) is 3.36. The van der Waals surface area contributed by atoms with Gasteiger partial charge in [-0.15, -0.1) is 35.3 Å². The van der Waals surface area contributed by atoms with E-state index in [1.54, 1.807) is 25.5 Å². The second-order valence-corrected chi connectivity index (χ2v) is 6.78. The van der Waals surface area contributed by atoms with Crippen molar-refractivity contribution in [1.82, 2.24) is 10.3 Å². The number of anilines is 1. The van der Waals surface area contributed by atoms with Crippen LogP contribution in [0.5, 0.6) is 11.5 Å². The number of thiazole rings is 1. The molecule has 3 rings (SSSR count). The van der Waals surface area contributed by atoms with E-state index in [4.69, 9.17) is 14.5 Å². The minimum Gasteiger partial charge on any atom is -0.493 e. The van der Waals surface area contributed by atoms with E-state index in [1.165, 1.54) is 0 Å². The minimum absolute atomic E-state index is 0. The van der Waals surface area contributed by atoms with Crippen LogP contribution in [0.15, 0.2) is 58.9 Å². The summed E-state index contributed by atoms with van der Waals surface area (Å²) >= 11 is 1.62. The molecule has 0 atom stereocenters. The third kappa shape index (κ3) is 6.33. The summed E-state index contributed by atoms with van der Waals surface area (Å²) in [6, 6.07) is 15.8. The van der Waals surface area contributed by atoms with Crippen LogP contribution in [-0.4, -0.2) is 31.7 Å². The molecule has 0 amide bonds. The third-order valence-corrected chi connectivity index (χ3v) is 4.83. The van der Waals surface area contributed by atoms with Gasteiger partial charge in [0.1, 0.15) is 5.01 Å². The lowest BCUT2D eigenvalue weighted by molar-refractivity contribution is 0.311. The molecule has 1 aromatic heterocycles. The fourth-order valence-corrected chi connectivity index (χ4v) is 3.37. The Morgan fingerprint density at radius 2 is 1.93 bits per heavy atom. The molecule has 0 saturated carbocycles. The highest BCUT2D eigenvalue weighted by molar-refractivity contribution is 14.0. The van der Waals surface area contributed by atoms with Crippen LogP contribution < -0.4 is 20.1 Å². The summed E-state index contributed by atoms with van der Waals surface area (Å²) in [6.45, 7) is 3.10. The molecule has 0 saturated heterocycles. The van der Waals surface area contributed by atoms with Gasteiger partial charge in [0.05, 0.1) is 26.0 Å². The lowest BCUT2D eigenvalue weighted by Crippen LogP contribution is -2.30. The maximum Gasteiger partial charge on any atom is 0.195 e. The van der Waals surface area contributed by atoms with Gasteiger partial charge in [-0.05, 0) is 19.1 Å². The Morgan fingerprint density at radius 1 is 1.14 bits per heavy atom. The Kier molecular flexibility index (Phi) is 9.20. The van der Waals surface area contributed by atoms with Crippen LogP contribution in [0.4, 0.5) is 5.69 Å². The van der Waals surface area contributed by atoms with Crippen molar-refractivity contribution in [3.63, 3.8) is 0 Å². The van der Waals surface area contributed by atoms with Crippen LogP contribution in [0, 0.1) is 0 Å². The van der Waals surface area contributed by atoms with E-state index < -0.39 is 0 Å².